The van der Waals surface area contributed by atoms with Gasteiger partial charge in [0.05, 0.1) is 11.1 Å². The quantitative estimate of drug-likeness (QED) is 0.818. The lowest BCUT2D eigenvalue weighted by Gasteiger charge is -2.31. The Balaban J connectivity index is 2.40. The number of aromatic nitrogens is 4. The molecule has 7 nitrogen and oxygen atoms in total. The Kier molecular flexibility index (Phi) is 4.32. The van der Waals surface area contributed by atoms with Crippen molar-refractivity contribution in [2.24, 2.45) is 17.1 Å². The molecule has 0 amide bonds. The maximum absolute atomic E-state index is 11.7. The van der Waals surface area contributed by atoms with Gasteiger partial charge < -0.3 is 10.8 Å². The molecule has 2 rings (SSSR count). The first-order valence-electron chi connectivity index (χ1n) is 6.77. The largest absolute Gasteiger partial charge is 0.481 e. The summed E-state index contributed by atoms with van der Waals surface area (Å²) in [6.45, 7) is 3.72. The van der Waals surface area contributed by atoms with E-state index in [0.29, 0.717) is 5.82 Å². The van der Waals surface area contributed by atoms with E-state index in [1.807, 2.05) is 44.2 Å². The third-order valence-corrected chi connectivity index (χ3v) is 3.90. The average molecular weight is 289 g/mol. The van der Waals surface area contributed by atoms with E-state index in [2.05, 4.69) is 15.5 Å². The van der Waals surface area contributed by atoms with E-state index >= 15 is 0 Å². The van der Waals surface area contributed by atoms with E-state index in [0.717, 1.165) is 5.69 Å². The van der Waals surface area contributed by atoms with Gasteiger partial charge in [0.25, 0.3) is 0 Å². The van der Waals surface area contributed by atoms with Crippen molar-refractivity contribution in [2.45, 2.75) is 20.3 Å². The Morgan fingerprint density at radius 3 is 2.57 bits per heavy atom. The van der Waals surface area contributed by atoms with Crippen LogP contribution in [0, 0.1) is 11.3 Å². The van der Waals surface area contributed by atoms with Gasteiger partial charge in [-0.2, -0.15) is 4.68 Å². The zero-order valence-electron chi connectivity index (χ0n) is 12.1. The number of hydrogen-bond acceptors (Lipinski definition) is 5. The molecule has 7 heteroatoms. The van der Waals surface area contributed by atoms with Crippen LogP contribution >= 0.6 is 0 Å². The third kappa shape index (κ3) is 2.78. The number of aliphatic carboxylic acids is 1. The molecule has 2 aromatic rings. The molecule has 0 bridgehead atoms. The highest BCUT2D eigenvalue weighted by Gasteiger charge is 2.42. The van der Waals surface area contributed by atoms with Crippen LogP contribution in [-0.4, -0.2) is 37.8 Å². The van der Waals surface area contributed by atoms with Gasteiger partial charge in [0.15, 0.2) is 5.82 Å². The van der Waals surface area contributed by atoms with Gasteiger partial charge in [0, 0.05) is 13.0 Å². The van der Waals surface area contributed by atoms with Crippen molar-refractivity contribution >= 4 is 5.97 Å². The van der Waals surface area contributed by atoms with E-state index in [1.54, 1.807) is 4.68 Å². The number of carbonyl (C=O) groups is 1. The van der Waals surface area contributed by atoms with Crippen LogP contribution in [0.15, 0.2) is 30.3 Å². The van der Waals surface area contributed by atoms with E-state index in [-0.39, 0.29) is 18.9 Å². The maximum Gasteiger partial charge on any atom is 0.311 e. The van der Waals surface area contributed by atoms with Crippen molar-refractivity contribution in [2.75, 3.05) is 6.54 Å². The number of nitrogens with zero attached hydrogens (tertiary/aromatic N) is 4. The van der Waals surface area contributed by atoms with Gasteiger partial charge in [-0.1, -0.05) is 32.0 Å². The normalized spacial score (nSPS) is 14.1. The number of tetrazole rings is 1. The van der Waals surface area contributed by atoms with Crippen LogP contribution in [0.4, 0.5) is 0 Å². The van der Waals surface area contributed by atoms with Crippen LogP contribution in [0.2, 0.25) is 0 Å². The van der Waals surface area contributed by atoms with Gasteiger partial charge in [0.2, 0.25) is 0 Å². The second kappa shape index (κ2) is 6.01. The highest BCUT2D eigenvalue weighted by atomic mass is 16.4. The molecule has 0 fully saturated rings. The lowest BCUT2D eigenvalue weighted by Crippen LogP contribution is -2.45. The molecular formula is C14H19N5O2. The molecule has 1 atom stereocenters. The van der Waals surface area contributed by atoms with Gasteiger partial charge in [0.1, 0.15) is 0 Å². The van der Waals surface area contributed by atoms with Crippen LogP contribution in [0.1, 0.15) is 19.7 Å². The fourth-order valence-electron chi connectivity index (χ4n) is 2.29. The molecule has 0 aliphatic carbocycles. The molecule has 1 aromatic carbocycles. The summed E-state index contributed by atoms with van der Waals surface area (Å²) < 4.78 is 1.55. The van der Waals surface area contributed by atoms with Crippen LogP contribution in [0.3, 0.4) is 0 Å². The first kappa shape index (κ1) is 15.1. The zero-order chi connectivity index (χ0) is 15.5. The van der Waals surface area contributed by atoms with E-state index < -0.39 is 11.4 Å². The Hall–Kier alpha value is -2.28. The number of para-hydroxylation sites is 1. The predicted molar refractivity (Wildman–Crippen MR) is 76.8 cm³/mol. The summed E-state index contributed by atoms with van der Waals surface area (Å²) in [5.74, 6) is -0.578. The average Bonchev–Trinajstić information content (AvgIpc) is 2.93. The summed E-state index contributed by atoms with van der Waals surface area (Å²) in [6.07, 6.45) is 0.179. The minimum Gasteiger partial charge on any atom is -0.481 e. The molecule has 0 aliphatic rings. The number of carboxylic acid groups (broad SMARTS) is 1. The van der Waals surface area contributed by atoms with Crippen molar-refractivity contribution in [3.63, 3.8) is 0 Å². The smallest absolute Gasteiger partial charge is 0.311 e. The van der Waals surface area contributed by atoms with E-state index in [4.69, 9.17) is 5.73 Å². The summed E-state index contributed by atoms with van der Waals surface area (Å²) in [4.78, 5) is 11.7. The van der Waals surface area contributed by atoms with Gasteiger partial charge in [-0.25, -0.2) is 0 Å². The van der Waals surface area contributed by atoms with Crippen molar-refractivity contribution in [1.82, 2.24) is 20.2 Å². The standard InChI is InChI=1S/C14H19N5O2/c1-10(2)14(9-15,13(20)21)8-12-16-17-18-19(12)11-6-4-3-5-7-11/h3-7,10H,8-9,15H2,1-2H3,(H,20,21). The molecule has 0 saturated carbocycles. The first-order valence-corrected chi connectivity index (χ1v) is 6.77. The Labute approximate surface area is 122 Å². The second-order valence-corrected chi connectivity index (χ2v) is 5.34. The van der Waals surface area contributed by atoms with Gasteiger partial charge >= 0.3 is 5.97 Å². The molecule has 1 unspecified atom stereocenters. The summed E-state index contributed by atoms with van der Waals surface area (Å²) in [5.41, 5.74) is 5.46. The van der Waals surface area contributed by atoms with Crippen molar-refractivity contribution in [1.29, 1.82) is 0 Å². The topological polar surface area (TPSA) is 107 Å². The van der Waals surface area contributed by atoms with Gasteiger partial charge in [-0.3, -0.25) is 4.79 Å². The predicted octanol–water partition coefficient (Wildman–Crippen LogP) is 0.890. The molecule has 3 N–H and O–H groups in total. The maximum atomic E-state index is 11.7. The third-order valence-electron chi connectivity index (χ3n) is 3.90. The van der Waals surface area contributed by atoms with Gasteiger partial charge in [-0.05, 0) is 28.5 Å². The fourth-order valence-corrected chi connectivity index (χ4v) is 2.29. The Morgan fingerprint density at radius 2 is 2.05 bits per heavy atom. The number of rotatable bonds is 6. The summed E-state index contributed by atoms with van der Waals surface area (Å²) >= 11 is 0. The van der Waals surface area contributed by atoms with Crippen molar-refractivity contribution in [3.8, 4) is 5.69 Å². The SMILES string of the molecule is CC(C)C(CN)(Cc1nnnn1-c1ccccc1)C(=O)O. The number of benzene rings is 1. The first-order chi connectivity index (χ1) is 10.0. The summed E-state index contributed by atoms with van der Waals surface area (Å²) in [6, 6.07) is 9.36. The van der Waals surface area contributed by atoms with Crippen LogP contribution in [-0.2, 0) is 11.2 Å². The summed E-state index contributed by atoms with van der Waals surface area (Å²) in [7, 11) is 0. The lowest BCUT2D eigenvalue weighted by molar-refractivity contribution is -0.151. The highest BCUT2D eigenvalue weighted by molar-refractivity contribution is 5.75. The van der Waals surface area contributed by atoms with Crippen LogP contribution in [0.5, 0.6) is 0 Å². The molecule has 0 radical (unpaired) electrons. The minimum atomic E-state index is -1.08. The zero-order valence-corrected chi connectivity index (χ0v) is 12.1. The van der Waals surface area contributed by atoms with Crippen LogP contribution < -0.4 is 5.73 Å². The Bertz CT molecular complexity index is 611. The molecule has 1 heterocycles. The minimum absolute atomic E-state index is 0.0294. The fraction of sp³-hybridized carbons (Fsp3) is 0.429. The number of hydrogen-bond donors (Lipinski definition) is 2. The molecule has 0 aliphatic heterocycles. The lowest BCUT2D eigenvalue weighted by atomic mass is 9.74. The molecule has 112 valence electrons. The molecule has 0 spiro atoms. The summed E-state index contributed by atoms with van der Waals surface area (Å²) in [5, 5.41) is 21.2. The molecular weight excluding hydrogens is 270 g/mol. The molecule has 21 heavy (non-hydrogen) atoms. The number of nitrogens with two attached hydrogens (primary N) is 1. The molecule has 1 aromatic heterocycles. The number of carboxylic acids is 1. The highest BCUT2D eigenvalue weighted by Crippen LogP contribution is 2.31. The van der Waals surface area contributed by atoms with Crippen molar-refractivity contribution in [3.05, 3.63) is 36.2 Å². The van der Waals surface area contributed by atoms with E-state index in [1.165, 1.54) is 0 Å². The Morgan fingerprint density at radius 1 is 1.38 bits per heavy atom. The van der Waals surface area contributed by atoms with Gasteiger partial charge in [-0.15, -0.1) is 5.10 Å². The van der Waals surface area contributed by atoms with E-state index in [9.17, 15) is 9.90 Å². The van der Waals surface area contributed by atoms with Crippen molar-refractivity contribution < 1.29 is 9.90 Å². The second-order valence-electron chi connectivity index (χ2n) is 5.34. The van der Waals surface area contributed by atoms with Crippen LogP contribution in [0.25, 0.3) is 5.69 Å². The monoisotopic (exact) mass is 289 g/mol. The molecule has 0 saturated heterocycles.